The second kappa shape index (κ2) is 14.3. The molecule has 0 aromatic rings. The Kier molecular flexibility index (Phi) is 16.7. The molecular formula is C11H21IO. The van der Waals surface area contributed by atoms with Crippen molar-refractivity contribution in [3.63, 3.8) is 0 Å². The predicted octanol–water partition coefficient (Wildman–Crippen LogP) is 4.31. The molecule has 1 N–H and O–H groups in total. The average molecular weight is 296 g/mol. The third-order valence-electron chi connectivity index (χ3n) is 1.02. The van der Waals surface area contributed by atoms with E-state index in [0.29, 0.717) is 0 Å². The standard InChI is InChI=1S/C5H8O.C4H7I.C2H6/c1-2-3-4-5-6;1-2-5-3-4-5;1-2/h2-6H,1H3;2H,1,3-4H2;1-2H3/b3-2+,5-4+;;. The van der Waals surface area contributed by atoms with Crippen LogP contribution in [0, 0.1) is 0 Å². The first-order valence-corrected chi connectivity index (χ1v) is 8.79. The van der Waals surface area contributed by atoms with Crippen LogP contribution in [0.3, 0.4) is 0 Å². The number of alkyl halides is 2. The molecule has 0 atom stereocenters. The molecule has 0 amide bonds. The van der Waals surface area contributed by atoms with Gasteiger partial charge < -0.3 is 5.11 Å². The normalized spacial score (nSPS) is 15.8. The Morgan fingerprint density at radius 3 is 1.85 bits per heavy atom. The van der Waals surface area contributed by atoms with Gasteiger partial charge in [-0.1, -0.05) is 26.0 Å². The van der Waals surface area contributed by atoms with Crippen LogP contribution in [0.2, 0.25) is 0 Å². The van der Waals surface area contributed by atoms with E-state index >= 15 is 0 Å². The maximum absolute atomic E-state index is 7.97. The van der Waals surface area contributed by atoms with Crippen LogP contribution >= 0.6 is 19.8 Å². The number of aliphatic hydroxyl groups excluding tert-OH is 1. The number of hydrogen-bond donors (Lipinski definition) is 1. The van der Waals surface area contributed by atoms with E-state index in [9.17, 15) is 0 Å². The van der Waals surface area contributed by atoms with Crippen molar-refractivity contribution < 1.29 is 5.11 Å². The van der Waals surface area contributed by atoms with Gasteiger partial charge in [-0.3, -0.25) is 0 Å². The quantitative estimate of drug-likeness (QED) is 0.348. The molecule has 1 heterocycles. The SMILES string of the molecule is C/C=C/C=C/O.C=CI1CC1.CC. The molecule has 1 rings (SSSR count). The number of aliphatic hydroxyl groups is 1. The minimum Gasteiger partial charge on any atom is -0.0683 e. The smallest absolute Gasteiger partial charge is 0.0683 e. The summed E-state index contributed by atoms with van der Waals surface area (Å²) >= 11 is -0.268. The fourth-order valence-electron chi connectivity index (χ4n) is 0.356. The molecule has 1 nitrogen and oxygen atoms in total. The van der Waals surface area contributed by atoms with Crippen LogP contribution in [0.25, 0.3) is 0 Å². The van der Waals surface area contributed by atoms with Crippen molar-refractivity contribution in [2.24, 2.45) is 0 Å². The molecule has 0 bridgehead atoms. The Labute approximate surface area is 89.6 Å². The van der Waals surface area contributed by atoms with Crippen LogP contribution in [0.4, 0.5) is 0 Å². The zero-order chi connectivity index (χ0) is 10.5. The van der Waals surface area contributed by atoms with E-state index in [2.05, 4.69) is 10.7 Å². The first-order valence-electron chi connectivity index (χ1n) is 4.50. The van der Waals surface area contributed by atoms with Crippen LogP contribution < -0.4 is 0 Å². The van der Waals surface area contributed by atoms with Crippen molar-refractivity contribution >= 4 is 19.8 Å². The monoisotopic (exact) mass is 296 g/mol. The number of rotatable bonds is 2. The second-order valence-electron chi connectivity index (χ2n) is 1.90. The summed E-state index contributed by atoms with van der Waals surface area (Å²) in [6, 6.07) is 0. The zero-order valence-electron chi connectivity index (χ0n) is 8.83. The van der Waals surface area contributed by atoms with E-state index in [-0.39, 0.29) is 19.8 Å². The van der Waals surface area contributed by atoms with Crippen molar-refractivity contribution in [1.82, 2.24) is 0 Å². The molecule has 78 valence electrons. The van der Waals surface area contributed by atoms with Crippen molar-refractivity contribution in [3.05, 3.63) is 35.2 Å². The first-order chi connectivity index (χ1) is 6.35. The molecule has 13 heavy (non-hydrogen) atoms. The van der Waals surface area contributed by atoms with E-state index in [0.717, 1.165) is 6.26 Å². The maximum Gasteiger partial charge on any atom is -0.0683 e. The van der Waals surface area contributed by atoms with Crippen molar-refractivity contribution in [1.29, 1.82) is 0 Å². The van der Waals surface area contributed by atoms with Gasteiger partial charge in [0.25, 0.3) is 0 Å². The number of halogens is 1. The van der Waals surface area contributed by atoms with Gasteiger partial charge in [0, 0.05) is 0 Å². The molecule has 1 saturated heterocycles. The van der Waals surface area contributed by atoms with Gasteiger partial charge >= 0.3 is 39.3 Å². The minimum atomic E-state index is -0.268. The summed E-state index contributed by atoms with van der Waals surface area (Å²) in [4.78, 5) is 0. The van der Waals surface area contributed by atoms with Gasteiger partial charge in [0.15, 0.2) is 0 Å². The second-order valence-corrected chi connectivity index (χ2v) is 7.78. The summed E-state index contributed by atoms with van der Waals surface area (Å²) in [7, 11) is 0. The fraction of sp³-hybridized carbons (Fsp3) is 0.455. The van der Waals surface area contributed by atoms with Crippen LogP contribution in [0.15, 0.2) is 35.2 Å². The van der Waals surface area contributed by atoms with Crippen LogP contribution in [0.5, 0.6) is 0 Å². The first kappa shape index (κ1) is 15.2. The van der Waals surface area contributed by atoms with Crippen LogP contribution in [0.1, 0.15) is 20.8 Å². The topological polar surface area (TPSA) is 20.2 Å². The van der Waals surface area contributed by atoms with E-state index in [1.165, 1.54) is 0 Å². The van der Waals surface area contributed by atoms with Gasteiger partial charge in [0.05, 0.1) is 6.26 Å². The summed E-state index contributed by atoms with van der Waals surface area (Å²) in [5.41, 5.74) is 0. The molecular weight excluding hydrogens is 275 g/mol. The summed E-state index contributed by atoms with van der Waals surface area (Å²) in [5.74, 6) is 0. The van der Waals surface area contributed by atoms with E-state index < -0.39 is 0 Å². The van der Waals surface area contributed by atoms with E-state index in [1.54, 1.807) is 21.0 Å². The maximum atomic E-state index is 7.97. The Balaban J connectivity index is 0. The van der Waals surface area contributed by atoms with Crippen molar-refractivity contribution in [2.45, 2.75) is 20.8 Å². The number of hydrogen-bond acceptors (Lipinski definition) is 1. The minimum absolute atomic E-state index is 0.268. The molecule has 0 spiro atoms. The van der Waals surface area contributed by atoms with Crippen molar-refractivity contribution in [2.75, 3.05) is 8.86 Å². The van der Waals surface area contributed by atoms with Gasteiger partial charge in [-0.15, -0.1) is 0 Å². The van der Waals surface area contributed by atoms with Gasteiger partial charge in [-0.2, -0.15) is 0 Å². The summed E-state index contributed by atoms with van der Waals surface area (Å²) in [6.45, 7) is 9.58. The third kappa shape index (κ3) is 18.6. The summed E-state index contributed by atoms with van der Waals surface area (Å²) in [6.07, 6.45) is 6.15. The average Bonchev–Trinajstić information content (AvgIpc) is 3.02. The molecule has 2 heteroatoms. The summed E-state index contributed by atoms with van der Waals surface area (Å²) < 4.78 is 5.28. The zero-order valence-corrected chi connectivity index (χ0v) is 11.0. The van der Waals surface area contributed by atoms with E-state index in [1.807, 2.05) is 26.8 Å². The molecule has 0 radical (unpaired) electrons. The Bertz CT molecular complexity index is 136. The molecule has 1 aliphatic heterocycles. The molecule has 1 aliphatic rings. The molecule has 0 saturated carbocycles. The van der Waals surface area contributed by atoms with Gasteiger partial charge in [0.1, 0.15) is 0 Å². The van der Waals surface area contributed by atoms with Gasteiger partial charge in [0.2, 0.25) is 0 Å². The van der Waals surface area contributed by atoms with Gasteiger partial charge in [-0.05, 0) is 13.0 Å². The molecule has 0 aliphatic carbocycles. The van der Waals surface area contributed by atoms with E-state index in [4.69, 9.17) is 5.11 Å². The van der Waals surface area contributed by atoms with Gasteiger partial charge in [-0.25, -0.2) is 0 Å². The fourth-order valence-corrected chi connectivity index (χ4v) is 3.05. The Morgan fingerprint density at radius 1 is 1.23 bits per heavy atom. The molecule has 0 aromatic carbocycles. The third-order valence-corrected chi connectivity index (χ3v) is 4.59. The van der Waals surface area contributed by atoms with Crippen LogP contribution in [-0.4, -0.2) is 14.0 Å². The summed E-state index contributed by atoms with van der Waals surface area (Å²) in [5, 5.41) is 7.97. The Morgan fingerprint density at radius 2 is 1.77 bits per heavy atom. The largest absolute Gasteiger partial charge is 0.0683 e. The Hall–Kier alpha value is -0.250. The predicted molar refractivity (Wildman–Crippen MR) is 71.9 cm³/mol. The molecule has 1 fully saturated rings. The molecule has 0 unspecified atom stereocenters. The molecule has 0 aromatic heterocycles. The van der Waals surface area contributed by atoms with Crippen molar-refractivity contribution in [3.8, 4) is 0 Å². The van der Waals surface area contributed by atoms with Crippen LogP contribution in [-0.2, 0) is 0 Å². The number of allylic oxidation sites excluding steroid dienone is 3.